The Balaban J connectivity index is 1.38. The second kappa shape index (κ2) is 11.2. The predicted molar refractivity (Wildman–Crippen MR) is 137 cm³/mol. The maximum absolute atomic E-state index is 12.8. The first-order valence-corrected chi connectivity index (χ1v) is 12.2. The summed E-state index contributed by atoms with van der Waals surface area (Å²) in [5.74, 6) is 0.743. The van der Waals surface area contributed by atoms with Gasteiger partial charge in [-0.15, -0.1) is 0 Å². The number of hydrogen-bond acceptors (Lipinski definition) is 5. The molecule has 9 heteroatoms. The lowest BCUT2D eigenvalue weighted by Crippen LogP contribution is -2.32. The van der Waals surface area contributed by atoms with Crippen molar-refractivity contribution >= 4 is 63.8 Å². The molecule has 3 aromatic rings. The van der Waals surface area contributed by atoms with Gasteiger partial charge >= 0.3 is 0 Å². The molecule has 0 unspecified atom stereocenters. The number of halogens is 3. The van der Waals surface area contributed by atoms with E-state index in [2.05, 4.69) is 0 Å². The highest BCUT2D eigenvalue weighted by molar-refractivity contribution is 8.18. The summed E-state index contributed by atoms with van der Waals surface area (Å²) < 4.78 is 11.4. The van der Waals surface area contributed by atoms with Crippen LogP contribution in [0.2, 0.25) is 15.1 Å². The minimum Gasteiger partial charge on any atom is -0.490 e. The number of nitrogens with zero attached hydrogens (tertiary/aromatic N) is 1. The summed E-state index contributed by atoms with van der Waals surface area (Å²) in [4.78, 5) is 26.6. The summed E-state index contributed by atoms with van der Waals surface area (Å²) in [5.41, 5.74) is 1.54. The lowest BCUT2D eigenvalue weighted by atomic mass is 10.2. The minimum atomic E-state index is -0.364. The van der Waals surface area contributed by atoms with Gasteiger partial charge in [-0.3, -0.25) is 14.5 Å². The Morgan fingerprint density at radius 1 is 0.882 bits per heavy atom. The van der Waals surface area contributed by atoms with Gasteiger partial charge in [0.25, 0.3) is 11.1 Å². The molecule has 0 radical (unpaired) electrons. The third-order valence-electron chi connectivity index (χ3n) is 4.85. The van der Waals surface area contributed by atoms with Crippen molar-refractivity contribution in [1.82, 2.24) is 4.90 Å². The topological polar surface area (TPSA) is 55.8 Å². The molecule has 0 spiro atoms. The largest absolute Gasteiger partial charge is 0.490 e. The van der Waals surface area contributed by atoms with Crippen LogP contribution < -0.4 is 9.47 Å². The Bertz CT molecular complexity index is 1260. The van der Waals surface area contributed by atoms with E-state index in [4.69, 9.17) is 44.3 Å². The van der Waals surface area contributed by atoms with Crippen molar-refractivity contribution in [1.29, 1.82) is 0 Å². The standard InChI is InChI=1S/C25H18Cl3NO4S/c26-18-9-8-17(21(28)14-18)15-33-19-5-3-4-16(12-19)13-23-24(30)29(25(31)34-23)10-11-32-22-7-2-1-6-20(22)27/h1-9,12-14H,10-11,15H2/b23-13-. The molecule has 5 nitrogen and oxygen atoms in total. The first-order valence-electron chi connectivity index (χ1n) is 10.2. The molecule has 0 aliphatic carbocycles. The van der Waals surface area contributed by atoms with Gasteiger partial charge in [0.05, 0.1) is 16.5 Å². The van der Waals surface area contributed by atoms with Gasteiger partial charge in [-0.1, -0.05) is 65.1 Å². The van der Waals surface area contributed by atoms with Crippen LogP contribution in [-0.2, 0) is 11.4 Å². The zero-order valence-electron chi connectivity index (χ0n) is 17.7. The van der Waals surface area contributed by atoms with Crippen molar-refractivity contribution in [3.8, 4) is 11.5 Å². The fourth-order valence-electron chi connectivity index (χ4n) is 3.15. The molecule has 3 aromatic carbocycles. The quantitative estimate of drug-likeness (QED) is 0.283. The molecule has 0 saturated carbocycles. The van der Waals surface area contributed by atoms with Crippen molar-refractivity contribution in [2.24, 2.45) is 0 Å². The van der Waals surface area contributed by atoms with E-state index >= 15 is 0 Å². The molecule has 2 amide bonds. The summed E-state index contributed by atoms with van der Waals surface area (Å²) in [6.07, 6.45) is 1.67. The average Bonchev–Trinajstić information content (AvgIpc) is 3.07. The number of carbonyl (C=O) groups excluding carboxylic acids is 2. The van der Waals surface area contributed by atoms with Crippen LogP contribution in [0.1, 0.15) is 11.1 Å². The molecule has 34 heavy (non-hydrogen) atoms. The number of benzene rings is 3. The van der Waals surface area contributed by atoms with Crippen molar-refractivity contribution in [2.45, 2.75) is 6.61 Å². The summed E-state index contributed by atoms with van der Waals surface area (Å²) in [5, 5.41) is 1.21. The van der Waals surface area contributed by atoms with E-state index in [1.165, 1.54) is 0 Å². The van der Waals surface area contributed by atoms with Crippen LogP contribution in [0.4, 0.5) is 4.79 Å². The Labute approximate surface area is 216 Å². The van der Waals surface area contributed by atoms with Gasteiger partial charge in [0, 0.05) is 15.6 Å². The van der Waals surface area contributed by atoms with Gasteiger partial charge in [0.15, 0.2) is 0 Å². The molecule has 0 bridgehead atoms. The smallest absolute Gasteiger partial charge is 0.293 e. The molecule has 174 valence electrons. The van der Waals surface area contributed by atoms with Crippen molar-refractivity contribution in [3.05, 3.63) is 97.8 Å². The second-order valence-corrected chi connectivity index (χ2v) is 9.45. The van der Waals surface area contributed by atoms with Gasteiger partial charge < -0.3 is 9.47 Å². The molecular formula is C25H18Cl3NO4S. The Kier molecular flexibility index (Phi) is 8.06. The molecule has 1 fully saturated rings. The van der Waals surface area contributed by atoms with Crippen LogP contribution in [0, 0.1) is 0 Å². The highest BCUT2D eigenvalue weighted by Gasteiger charge is 2.34. The minimum absolute atomic E-state index is 0.123. The summed E-state index contributed by atoms with van der Waals surface area (Å²) in [6, 6.07) is 19.5. The third kappa shape index (κ3) is 6.07. The van der Waals surface area contributed by atoms with Crippen LogP contribution in [0.25, 0.3) is 6.08 Å². The van der Waals surface area contributed by atoms with Crippen LogP contribution in [-0.4, -0.2) is 29.2 Å². The van der Waals surface area contributed by atoms with Crippen molar-refractivity contribution in [2.75, 3.05) is 13.2 Å². The van der Waals surface area contributed by atoms with E-state index in [9.17, 15) is 9.59 Å². The number of imide groups is 1. The van der Waals surface area contributed by atoms with E-state index in [1.54, 1.807) is 60.7 Å². The molecule has 4 rings (SSSR count). The second-order valence-electron chi connectivity index (χ2n) is 7.21. The highest BCUT2D eigenvalue weighted by Crippen LogP contribution is 2.33. The van der Waals surface area contributed by atoms with Gasteiger partial charge in [-0.2, -0.15) is 0 Å². The number of amides is 2. The molecule has 1 aliphatic heterocycles. The van der Waals surface area contributed by atoms with Crippen LogP contribution in [0.3, 0.4) is 0 Å². The zero-order valence-corrected chi connectivity index (χ0v) is 20.8. The Morgan fingerprint density at radius 3 is 2.50 bits per heavy atom. The van der Waals surface area contributed by atoms with Crippen LogP contribution >= 0.6 is 46.6 Å². The summed E-state index contributed by atoms with van der Waals surface area (Å²) >= 11 is 19.1. The summed E-state index contributed by atoms with van der Waals surface area (Å²) in [6.45, 7) is 0.533. The monoisotopic (exact) mass is 533 g/mol. The molecule has 1 aliphatic rings. The predicted octanol–water partition coefficient (Wildman–Crippen LogP) is 7.34. The van der Waals surface area contributed by atoms with Crippen LogP contribution in [0.5, 0.6) is 11.5 Å². The third-order valence-corrected chi connectivity index (χ3v) is 6.65. The first-order chi connectivity index (χ1) is 16.4. The van der Waals surface area contributed by atoms with Gasteiger partial charge in [0.2, 0.25) is 0 Å². The number of thioether (sulfide) groups is 1. The number of hydrogen-bond donors (Lipinski definition) is 0. The molecule has 0 aromatic heterocycles. The maximum atomic E-state index is 12.8. The average molecular weight is 535 g/mol. The van der Waals surface area contributed by atoms with E-state index in [1.807, 2.05) is 12.1 Å². The Morgan fingerprint density at radius 2 is 1.71 bits per heavy atom. The van der Waals surface area contributed by atoms with Crippen molar-refractivity contribution in [3.63, 3.8) is 0 Å². The van der Waals surface area contributed by atoms with Crippen LogP contribution in [0.15, 0.2) is 71.6 Å². The summed E-state index contributed by atoms with van der Waals surface area (Å²) in [7, 11) is 0. The SMILES string of the molecule is O=C1S/C(=C\c2cccc(OCc3ccc(Cl)cc3Cl)c2)C(=O)N1CCOc1ccccc1Cl. The molecule has 0 atom stereocenters. The van der Waals surface area contributed by atoms with Gasteiger partial charge in [-0.25, -0.2) is 0 Å². The van der Waals surface area contributed by atoms with E-state index in [0.29, 0.717) is 31.5 Å². The lowest BCUT2D eigenvalue weighted by molar-refractivity contribution is -0.123. The molecule has 1 heterocycles. The van der Waals surface area contributed by atoms with Crippen molar-refractivity contribution < 1.29 is 19.1 Å². The number of ether oxygens (including phenoxy) is 2. The van der Waals surface area contributed by atoms with E-state index in [0.717, 1.165) is 27.8 Å². The zero-order chi connectivity index (χ0) is 24.1. The fraction of sp³-hybridized carbons (Fsp3) is 0.120. The highest BCUT2D eigenvalue weighted by atomic mass is 35.5. The Hall–Kier alpha value is -2.64. The van der Waals surface area contributed by atoms with E-state index < -0.39 is 0 Å². The lowest BCUT2D eigenvalue weighted by Gasteiger charge is -2.13. The maximum Gasteiger partial charge on any atom is 0.293 e. The van der Waals surface area contributed by atoms with E-state index in [-0.39, 0.29) is 30.9 Å². The number of rotatable bonds is 8. The van der Waals surface area contributed by atoms with Gasteiger partial charge in [-0.05, 0) is 59.8 Å². The normalized spacial score (nSPS) is 14.7. The van der Waals surface area contributed by atoms with Gasteiger partial charge in [0.1, 0.15) is 24.7 Å². The molecular weight excluding hydrogens is 517 g/mol. The number of para-hydroxylation sites is 1. The number of carbonyl (C=O) groups is 2. The molecule has 0 N–H and O–H groups in total. The first kappa shape index (κ1) is 24.5. The fourth-order valence-corrected chi connectivity index (χ4v) is 4.67. The molecule has 1 saturated heterocycles.